The van der Waals surface area contributed by atoms with Crippen LogP contribution in [0.15, 0.2) is 47.4 Å². The van der Waals surface area contributed by atoms with E-state index in [1.807, 2.05) is 0 Å². The summed E-state index contributed by atoms with van der Waals surface area (Å²) in [6, 6.07) is 9.42. The molecule has 28 heavy (non-hydrogen) atoms. The molecule has 0 N–H and O–H groups in total. The Hall–Kier alpha value is -1.83. The quantitative estimate of drug-likeness (QED) is 0.755. The fraction of sp³-hybridized carbons (Fsp3) is 0.429. The maximum absolute atomic E-state index is 13.9. The molecule has 2 aromatic rings. The van der Waals surface area contributed by atoms with Crippen LogP contribution in [0.5, 0.6) is 0 Å². The van der Waals surface area contributed by atoms with Gasteiger partial charge in [-0.2, -0.15) is 0 Å². The van der Waals surface area contributed by atoms with E-state index < -0.39 is 27.3 Å². The second kappa shape index (κ2) is 7.54. The number of hydrogen-bond acceptors (Lipinski definition) is 4. The number of ether oxygens (including phenoxy) is 2. The smallest absolute Gasteiger partial charge is 0.178 e. The second-order valence-corrected chi connectivity index (χ2v) is 9.52. The fourth-order valence-corrected chi connectivity index (χ4v) is 5.74. The van der Waals surface area contributed by atoms with Crippen LogP contribution in [0, 0.1) is 17.6 Å². The van der Waals surface area contributed by atoms with Crippen LogP contribution in [0.25, 0.3) is 11.1 Å². The average molecular weight is 408 g/mol. The molecule has 1 saturated carbocycles. The summed E-state index contributed by atoms with van der Waals surface area (Å²) in [5.41, 5.74) is 0.742. The maximum atomic E-state index is 13.9. The minimum atomic E-state index is -3.45. The van der Waals surface area contributed by atoms with E-state index in [2.05, 4.69) is 0 Å². The van der Waals surface area contributed by atoms with Gasteiger partial charge in [0, 0.05) is 24.5 Å². The van der Waals surface area contributed by atoms with Gasteiger partial charge in [0.25, 0.3) is 0 Å². The van der Waals surface area contributed by atoms with Gasteiger partial charge in [0.1, 0.15) is 11.6 Å². The Kier molecular flexibility index (Phi) is 5.24. The van der Waals surface area contributed by atoms with E-state index in [0.29, 0.717) is 18.8 Å². The van der Waals surface area contributed by atoms with Crippen LogP contribution in [-0.4, -0.2) is 33.2 Å². The highest BCUT2D eigenvalue weighted by atomic mass is 32.2. The molecule has 1 heterocycles. The van der Waals surface area contributed by atoms with Crippen LogP contribution in [0.3, 0.4) is 0 Å². The van der Waals surface area contributed by atoms with E-state index in [1.165, 1.54) is 24.3 Å². The number of halogens is 2. The summed E-state index contributed by atoms with van der Waals surface area (Å²) in [4.78, 5) is 0.215. The van der Waals surface area contributed by atoms with Crippen molar-refractivity contribution in [3.8, 4) is 11.1 Å². The number of hydrogen-bond donors (Lipinski definition) is 0. The van der Waals surface area contributed by atoms with Gasteiger partial charge in [-0.25, -0.2) is 17.2 Å². The summed E-state index contributed by atoms with van der Waals surface area (Å²) in [5, 5.41) is 0. The lowest BCUT2D eigenvalue weighted by molar-refractivity contribution is -0.181. The van der Waals surface area contributed by atoms with Gasteiger partial charge in [-0.3, -0.25) is 0 Å². The van der Waals surface area contributed by atoms with Gasteiger partial charge in [-0.1, -0.05) is 12.1 Å². The topological polar surface area (TPSA) is 52.6 Å². The molecule has 0 aromatic heterocycles. The molecule has 1 saturated heterocycles. The minimum Gasteiger partial charge on any atom is -0.348 e. The summed E-state index contributed by atoms with van der Waals surface area (Å²) >= 11 is 0. The van der Waals surface area contributed by atoms with E-state index in [1.54, 1.807) is 12.1 Å². The van der Waals surface area contributed by atoms with Crippen LogP contribution in [-0.2, 0) is 19.3 Å². The highest BCUT2D eigenvalue weighted by Crippen LogP contribution is 2.39. The van der Waals surface area contributed by atoms with Crippen molar-refractivity contribution in [2.75, 3.05) is 19.0 Å². The normalized spacial score (nSPS) is 19.9. The molecule has 1 aliphatic heterocycles. The van der Waals surface area contributed by atoms with Crippen LogP contribution >= 0.6 is 0 Å². The SMILES string of the molecule is O=S(=O)(CC1CCC2(CC1)OCCO2)c1ccc(-c2ccc(F)cc2F)cc1. The molecule has 1 spiro atoms. The predicted octanol–water partition coefficient (Wildman–Crippen LogP) is 4.34. The third kappa shape index (κ3) is 3.97. The van der Waals surface area contributed by atoms with Crippen molar-refractivity contribution in [1.82, 2.24) is 0 Å². The first-order chi connectivity index (χ1) is 13.4. The van der Waals surface area contributed by atoms with Crippen molar-refractivity contribution < 1.29 is 26.7 Å². The van der Waals surface area contributed by atoms with Crippen LogP contribution in [0.4, 0.5) is 8.78 Å². The van der Waals surface area contributed by atoms with E-state index >= 15 is 0 Å². The van der Waals surface area contributed by atoms with Crippen molar-refractivity contribution in [3.63, 3.8) is 0 Å². The standard InChI is InChI=1S/C21H22F2O4S/c22-17-3-6-19(20(23)13-17)16-1-4-18(5-2-16)28(24,25)14-15-7-9-21(10-8-15)26-11-12-27-21/h1-6,13,15H,7-12,14H2. The minimum absolute atomic E-state index is 0.0673. The monoisotopic (exact) mass is 408 g/mol. The molecule has 0 radical (unpaired) electrons. The van der Waals surface area contributed by atoms with Gasteiger partial charge >= 0.3 is 0 Å². The van der Waals surface area contributed by atoms with Gasteiger partial charge < -0.3 is 9.47 Å². The van der Waals surface area contributed by atoms with Crippen molar-refractivity contribution in [2.45, 2.75) is 36.4 Å². The van der Waals surface area contributed by atoms with Crippen molar-refractivity contribution in [1.29, 1.82) is 0 Å². The fourth-order valence-electron chi connectivity index (χ4n) is 4.04. The molecule has 2 fully saturated rings. The molecule has 4 rings (SSSR count). The van der Waals surface area contributed by atoms with Crippen LogP contribution in [0.2, 0.25) is 0 Å². The number of benzene rings is 2. The zero-order valence-corrected chi connectivity index (χ0v) is 16.2. The Balaban J connectivity index is 1.44. The second-order valence-electron chi connectivity index (χ2n) is 7.48. The number of sulfone groups is 1. The largest absolute Gasteiger partial charge is 0.348 e. The van der Waals surface area contributed by atoms with E-state index in [0.717, 1.165) is 31.7 Å². The third-order valence-electron chi connectivity index (χ3n) is 5.59. The lowest BCUT2D eigenvalue weighted by Gasteiger charge is -2.35. The molecule has 2 aromatic carbocycles. The van der Waals surface area contributed by atoms with Gasteiger partial charge in [-0.15, -0.1) is 0 Å². The van der Waals surface area contributed by atoms with E-state index in [4.69, 9.17) is 9.47 Å². The van der Waals surface area contributed by atoms with Crippen LogP contribution in [0.1, 0.15) is 25.7 Å². The zero-order chi connectivity index (χ0) is 19.8. The molecule has 0 atom stereocenters. The molecular formula is C21H22F2O4S. The Labute approximate surface area is 163 Å². The first-order valence-corrected chi connectivity index (χ1v) is 11.1. The van der Waals surface area contributed by atoms with Gasteiger partial charge in [0.05, 0.1) is 23.9 Å². The molecule has 0 bridgehead atoms. The highest BCUT2D eigenvalue weighted by molar-refractivity contribution is 7.91. The Morgan fingerprint density at radius 3 is 2.21 bits per heavy atom. The third-order valence-corrected chi connectivity index (χ3v) is 7.49. The first-order valence-electron chi connectivity index (χ1n) is 9.43. The van der Waals surface area contributed by atoms with Gasteiger partial charge in [0.2, 0.25) is 0 Å². The summed E-state index contributed by atoms with van der Waals surface area (Å²) in [7, 11) is -3.45. The summed E-state index contributed by atoms with van der Waals surface area (Å²) in [6.07, 6.45) is 2.93. The maximum Gasteiger partial charge on any atom is 0.178 e. The number of rotatable bonds is 4. The van der Waals surface area contributed by atoms with Gasteiger partial charge in [0.15, 0.2) is 15.6 Å². The lowest BCUT2D eigenvalue weighted by atomic mass is 9.86. The molecule has 0 unspecified atom stereocenters. The average Bonchev–Trinajstić information content (AvgIpc) is 3.12. The Bertz CT molecular complexity index is 941. The molecule has 1 aliphatic carbocycles. The lowest BCUT2D eigenvalue weighted by Crippen LogP contribution is -2.36. The molecular weight excluding hydrogens is 386 g/mol. The Morgan fingerprint density at radius 1 is 0.964 bits per heavy atom. The van der Waals surface area contributed by atoms with Crippen LogP contribution < -0.4 is 0 Å². The molecule has 7 heteroatoms. The molecule has 4 nitrogen and oxygen atoms in total. The summed E-state index contributed by atoms with van der Waals surface area (Å²) < 4.78 is 63.9. The van der Waals surface area contributed by atoms with Gasteiger partial charge in [-0.05, 0) is 48.6 Å². The molecule has 2 aliphatic rings. The molecule has 0 amide bonds. The zero-order valence-electron chi connectivity index (χ0n) is 15.4. The van der Waals surface area contributed by atoms with E-state index in [-0.39, 0.29) is 22.1 Å². The van der Waals surface area contributed by atoms with Crippen molar-refractivity contribution in [3.05, 3.63) is 54.1 Å². The predicted molar refractivity (Wildman–Crippen MR) is 100 cm³/mol. The highest BCUT2D eigenvalue weighted by Gasteiger charge is 2.41. The first kappa shape index (κ1) is 19.5. The van der Waals surface area contributed by atoms with Crippen molar-refractivity contribution >= 4 is 9.84 Å². The summed E-state index contributed by atoms with van der Waals surface area (Å²) in [6.45, 7) is 1.20. The van der Waals surface area contributed by atoms with E-state index in [9.17, 15) is 17.2 Å². The molecule has 150 valence electrons. The summed E-state index contributed by atoms with van der Waals surface area (Å²) in [5.74, 6) is -1.68. The van der Waals surface area contributed by atoms with Crippen molar-refractivity contribution in [2.24, 2.45) is 5.92 Å². The Morgan fingerprint density at radius 2 is 1.61 bits per heavy atom.